The molecule has 0 aliphatic carbocycles. The van der Waals surface area contributed by atoms with Crippen molar-refractivity contribution in [2.75, 3.05) is 12.8 Å². The molecule has 0 atom stereocenters. The van der Waals surface area contributed by atoms with Gasteiger partial charge in [-0.2, -0.15) is 4.98 Å². The highest BCUT2D eigenvalue weighted by Gasteiger charge is 2.06. The number of hydrogen-bond acceptors (Lipinski definition) is 4. The molecule has 0 saturated heterocycles. The molecule has 4 nitrogen and oxygen atoms in total. The number of anilines is 1. The second-order valence-corrected chi connectivity index (χ2v) is 3.17. The van der Waals surface area contributed by atoms with Crippen LogP contribution in [0.2, 0.25) is 0 Å². The Morgan fingerprint density at radius 1 is 1.25 bits per heavy atom. The standard InChI is InChI=1S/C11H10FN3O/c1-16-11-9(13)6-14-10(15-11)7-2-4-8(12)5-3-7/h2-6H,13H2,1H3. The molecule has 0 aliphatic heterocycles. The maximum Gasteiger partial charge on any atom is 0.240 e. The van der Waals surface area contributed by atoms with E-state index in [-0.39, 0.29) is 5.82 Å². The van der Waals surface area contributed by atoms with Crippen molar-refractivity contribution in [1.29, 1.82) is 0 Å². The average molecular weight is 219 g/mol. The summed E-state index contributed by atoms with van der Waals surface area (Å²) < 4.78 is 17.7. The van der Waals surface area contributed by atoms with Crippen LogP contribution in [0.25, 0.3) is 11.4 Å². The second kappa shape index (κ2) is 4.14. The Bertz CT molecular complexity index is 499. The van der Waals surface area contributed by atoms with Gasteiger partial charge >= 0.3 is 0 Å². The first-order valence-electron chi connectivity index (χ1n) is 4.63. The Labute approximate surface area is 91.9 Å². The highest BCUT2D eigenvalue weighted by atomic mass is 19.1. The summed E-state index contributed by atoms with van der Waals surface area (Å²) >= 11 is 0. The van der Waals surface area contributed by atoms with Crippen LogP contribution in [0.4, 0.5) is 10.1 Å². The molecule has 1 heterocycles. The van der Waals surface area contributed by atoms with Gasteiger partial charge in [-0.15, -0.1) is 0 Å². The van der Waals surface area contributed by atoms with E-state index in [1.165, 1.54) is 25.4 Å². The molecule has 0 fully saturated rings. The number of hydrogen-bond donors (Lipinski definition) is 1. The van der Waals surface area contributed by atoms with Crippen LogP contribution in [0, 0.1) is 5.82 Å². The summed E-state index contributed by atoms with van der Waals surface area (Å²) in [6, 6.07) is 5.89. The van der Waals surface area contributed by atoms with Crippen molar-refractivity contribution < 1.29 is 9.13 Å². The van der Waals surface area contributed by atoms with Crippen LogP contribution in [0.15, 0.2) is 30.5 Å². The molecular formula is C11H10FN3O. The van der Waals surface area contributed by atoms with Gasteiger partial charge in [0.2, 0.25) is 5.88 Å². The molecule has 2 N–H and O–H groups in total. The molecular weight excluding hydrogens is 209 g/mol. The second-order valence-electron chi connectivity index (χ2n) is 3.17. The lowest BCUT2D eigenvalue weighted by atomic mass is 10.2. The molecule has 0 unspecified atom stereocenters. The summed E-state index contributed by atoms with van der Waals surface area (Å²) in [6.45, 7) is 0. The predicted molar refractivity (Wildman–Crippen MR) is 58.4 cm³/mol. The SMILES string of the molecule is COc1nc(-c2ccc(F)cc2)ncc1N. The first-order chi connectivity index (χ1) is 7.70. The molecule has 0 bridgehead atoms. The van der Waals surface area contributed by atoms with Crippen molar-refractivity contribution in [2.45, 2.75) is 0 Å². The predicted octanol–water partition coefficient (Wildman–Crippen LogP) is 1.87. The van der Waals surface area contributed by atoms with Crippen molar-refractivity contribution in [3.63, 3.8) is 0 Å². The molecule has 0 spiro atoms. The van der Waals surface area contributed by atoms with Gasteiger partial charge in [0, 0.05) is 5.56 Å². The van der Waals surface area contributed by atoms with Crippen LogP contribution in [-0.4, -0.2) is 17.1 Å². The van der Waals surface area contributed by atoms with Gasteiger partial charge in [-0.1, -0.05) is 0 Å². The van der Waals surface area contributed by atoms with Gasteiger partial charge in [-0.3, -0.25) is 0 Å². The van der Waals surface area contributed by atoms with E-state index in [1.54, 1.807) is 12.1 Å². The number of benzene rings is 1. The van der Waals surface area contributed by atoms with Gasteiger partial charge in [0.25, 0.3) is 0 Å². The van der Waals surface area contributed by atoms with Crippen LogP contribution in [0.5, 0.6) is 5.88 Å². The third-order valence-electron chi connectivity index (χ3n) is 2.08. The average Bonchev–Trinajstić information content (AvgIpc) is 2.31. The fraction of sp³-hybridized carbons (Fsp3) is 0.0909. The summed E-state index contributed by atoms with van der Waals surface area (Å²) in [7, 11) is 1.48. The van der Waals surface area contributed by atoms with E-state index >= 15 is 0 Å². The van der Waals surface area contributed by atoms with Gasteiger partial charge in [0.05, 0.1) is 13.3 Å². The van der Waals surface area contributed by atoms with Crippen molar-refractivity contribution in [3.8, 4) is 17.3 Å². The number of rotatable bonds is 2. The van der Waals surface area contributed by atoms with Gasteiger partial charge in [-0.05, 0) is 24.3 Å². The minimum atomic E-state index is -0.300. The van der Waals surface area contributed by atoms with Crippen LogP contribution in [0.3, 0.4) is 0 Å². The number of nitrogens with two attached hydrogens (primary N) is 1. The largest absolute Gasteiger partial charge is 0.479 e. The van der Waals surface area contributed by atoms with Crippen molar-refractivity contribution >= 4 is 5.69 Å². The molecule has 16 heavy (non-hydrogen) atoms. The zero-order chi connectivity index (χ0) is 11.5. The van der Waals surface area contributed by atoms with Gasteiger partial charge in [0.1, 0.15) is 11.5 Å². The maximum atomic E-state index is 12.7. The quantitative estimate of drug-likeness (QED) is 0.837. The first-order valence-corrected chi connectivity index (χ1v) is 4.63. The number of methoxy groups -OCH3 is 1. The van der Waals surface area contributed by atoms with Gasteiger partial charge in [-0.25, -0.2) is 9.37 Å². The van der Waals surface area contributed by atoms with E-state index in [0.717, 1.165) is 0 Å². The molecule has 5 heteroatoms. The Morgan fingerprint density at radius 3 is 2.56 bits per heavy atom. The molecule has 2 aromatic rings. The Morgan fingerprint density at radius 2 is 1.94 bits per heavy atom. The fourth-order valence-electron chi connectivity index (χ4n) is 1.28. The summed E-state index contributed by atoms with van der Waals surface area (Å²) in [4.78, 5) is 8.16. The van der Waals surface area contributed by atoms with Crippen LogP contribution >= 0.6 is 0 Å². The summed E-state index contributed by atoms with van der Waals surface area (Å²) in [5.41, 5.74) is 6.67. The van der Waals surface area contributed by atoms with E-state index in [9.17, 15) is 4.39 Å². The third-order valence-corrected chi connectivity index (χ3v) is 2.08. The number of nitrogens with zero attached hydrogens (tertiary/aromatic N) is 2. The summed E-state index contributed by atoms with van der Waals surface area (Å²) in [5, 5.41) is 0. The lowest BCUT2D eigenvalue weighted by Crippen LogP contribution is -1.98. The zero-order valence-electron chi connectivity index (χ0n) is 8.64. The Kier molecular flexibility index (Phi) is 2.68. The normalized spacial score (nSPS) is 10.1. The monoisotopic (exact) mass is 219 g/mol. The van der Waals surface area contributed by atoms with E-state index < -0.39 is 0 Å². The van der Waals surface area contributed by atoms with Gasteiger partial charge < -0.3 is 10.5 Å². The number of halogens is 1. The molecule has 0 saturated carbocycles. The molecule has 82 valence electrons. The van der Waals surface area contributed by atoms with Crippen LogP contribution in [0.1, 0.15) is 0 Å². The minimum absolute atomic E-state index is 0.300. The zero-order valence-corrected chi connectivity index (χ0v) is 8.64. The third kappa shape index (κ3) is 1.93. The van der Waals surface area contributed by atoms with Crippen LogP contribution < -0.4 is 10.5 Å². The smallest absolute Gasteiger partial charge is 0.240 e. The highest BCUT2D eigenvalue weighted by Crippen LogP contribution is 2.21. The van der Waals surface area contributed by atoms with Crippen molar-refractivity contribution in [1.82, 2.24) is 9.97 Å². The lowest BCUT2D eigenvalue weighted by molar-refractivity contribution is 0.400. The van der Waals surface area contributed by atoms with E-state index in [1.807, 2.05) is 0 Å². The van der Waals surface area contributed by atoms with E-state index in [4.69, 9.17) is 10.5 Å². The maximum absolute atomic E-state index is 12.7. The Hall–Kier alpha value is -2.17. The van der Waals surface area contributed by atoms with Crippen molar-refractivity contribution in [2.24, 2.45) is 0 Å². The first kappa shape index (κ1) is 10.4. The van der Waals surface area contributed by atoms with E-state index in [2.05, 4.69) is 9.97 Å². The lowest BCUT2D eigenvalue weighted by Gasteiger charge is -2.05. The summed E-state index contributed by atoms with van der Waals surface area (Å²) in [6.07, 6.45) is 1.46. The molecule has 2 rings (SSSR count). The number of nitrogen functional groups attached to an aromatic ring is 1. The number of aromatic nitrogens is 2. The fourth-order valence-corrected chi connectivity index (χ4v) is 1.28. The molecule has 1 aromatic carbocycles. The molecule has 0 amide bonds. The van der Waals surface area contributed by atoms with E-state index in [0.29, 0.717) is 23.0 Å². The topological polar surface area (TPSA) is 61.0 Å². The summed E-state index contributed by atoms with van der Waals surface area (Å²) in [5.74, 6) is 0.464. The molecule has 0 aliphatic rings. The molecule has 1 aromatic heterocycles. The van der Waals surface area contributed by atoms with Gasteiger partial charge in [0.15, 0.2) is 5.82 Å². The number of ether oxygens (including phenoxy) is 1. The Balaban J connectivity index is 2.44. The highest BCUT2D eigenvalue weighted by molar-refractivity contribution is 5.58. The van der Waals surface area contributed by atoms with Crippen molar-refractivity contribution in [3.05, 3.63) is 36.3 Å². The minimum Gasteiger partial charge on any atom is -0.479 e. The van der Waals surface area contributed by atoms with Crippen LogP contribution in [-0.2, 0) is 0 Å². The molecule has 0 radical (unpaired) electrons.